The van der Waals surface area contributed by atoms with Crippen LogP contribution in [0.15, 0.2) is 12.4 Å². The van der Waals surface area contributed by atoms with Gasteiger partial charge in [0.05, 0.1) is 29.7 Å². The summed E-state index contributed by atoms with van der Waals surface area (Å²) in [6.45, 7) is 7.01. The molecule has 2 aromatic heterocycles. The van der Waals surface area contributed by atoms with Crippen LogP contribution in [-0.4, -0.2) is 50.1 Å². The summed E-state index contributed by atoms with van der Waals surface area (Å²) in [6.07, 6.45) is -2.39. The average molecular weight is 442 g/mol. The van der Waals surface area contributed by atoms with E-state index in [1.807, 2.05) is 0 Å². The zero-order valence-electron chi connectivity index (χ0n) is 17.7. The second kappa shape index (κ2) is 8.03. The molecule has 0 bridgehead atoms. The Labute approximate surface area is 177 Å². The van der Waals surface area contributed by atoms with Crippen LogP contribution in [0.2, 0.25) is 0 Å². The zero-order valence-corrected chi connectivity index (χ0v) is 17.7. The standard InChI is InChI=1S/C20H25F3N4O4/c1-11-16(18(29)30)25-27(19(2,3)4)17(11)31-14-9-24-8-13(15(14)20(21,22)23)26-7-5-6-12(28)10-26/h8-9,12,28H,5-7,10H2,1-4H3,(H,29,30). The third-order valence-electron chi connectivity index (χ3n) is 5.02. The Morgan fingerprint density at radius 3 is 2.48 bits per heavy atom. The minimum Gasteiger partial charge on any atom is -0.476 e. The number of carboxylic acid groups (broad SMARTS) is 1. The molecule has 1 unspecified atom stereocenters. The lowest BCUT2D eigenvalue weighted by atomic mass is 10.1. The molecule has 11 heteroatoms. The normalized spacial score (nSPS) is 17.7. The predicted octanol–water partition coefficient (Wildman–Crippen LogP) is 3.81. The molecule has 170 valence electrons. The Bertz CT molecular complexity index is 982. The summed E-state index contributed by atoms with van der Waals surface area (Å²) in [7, 11) is 0. The van der Waals surface area contributed by atoms with Gasteiger partial charge in [-0.3, -0.25) is 4.98 Å². The number of piperidine rings is 1. The number of aliphatic hydroxyl groups is 1. The first-order valence-corrected chi connectivity index (χ1v) is 9.80. The van der Waals surface area contributed by atoms with Gasteiger partial charge in [-0.1, -0.05) is 0 Å². The highest BCUT2D eigenvalue weighted by Gasteiger charge is 2.41. The van der Waals surface area contributed by atoms with E-state index >= 15 is 0 Å². The van der Waals surface area contributed by atoms with Gasteiger partial charge in [0, 0.05) is 18.7 Å². The molecule has 1 atom stereocenters. The van der Waals surface area contributed by atoms with Crippen LogP contribution < -0.4 is 9.64 Å². The summed E-state index contributed by atoms with van der Waals surface area (Å²) in [4.78, 5) is 16.9. The molecule has 3 rings (SSSR count). The quantitative estimate of drug-likeness (QED) is 0.743. The number of β-amino-alcohol motifs (C(OH)–C–C–N with tert-alkyl or cyclic N) is 1. The number of hydrogen-bond donors (Lipinski definition) is 2. The van der Waals surface area contributed by atoms with Gasteiger partial charge in [-0.2, -0.15) is 18.3 Å². The van der Waals surface area contributed by atoms with Crippen LogP contribution in [0.25, 0.3) is 0 Å². The summed E-state index contributed by atoms with van der Waals surface area (Å²) in [6, 6.07) is 0. The van der Waals surface area contributed by atoms with Gasteiger partial charge in [0.15, 0.2) is 11.4 Å². The van der Waals surface area contributed by atoms with Gasteiger partial charge in [-0.25, -0.2) is 9.48 Å². The second-order valence-corrected chi connectivity index (χ2v) is 8.54. The molecule has 31 heavy (non-hydrogen) atoms. The van der Waals surface area contributed by atoms with E-state index in [4.69, 9.17) is 4.74 Å². The number of aliphatic hydroxyl groups excluding tert-OH is 1. The van der Waals surface area contributed by atoms with Crippen LogP contribution in [-0.2, 0) is 11.7 Å². The maximum absolute atomic E-state index is 14.1. The fraction of sp³-hybridized carbons (Fsp3) is 0.550. The van der Waals surface area contributed by atoms with E-state index in [1.165, 1.54) is 16.5 Å². The monoisotopic (exact) mass is 442 g/mol. The number of carbonyl (C=O) groups is 1. The highest BCUT2D eigenvalue weighted by Crippen LogP contribution is 2.45. The van der Waals surface area contributed by atoms with Gasteiger partial charge < -0.3 is 19.8 Å². The lowest BCUT2D eigenvalue weighted by molar-refractivity contribution is -0.138. The van der Waals surface area contributed by atoms with Crippen molar-refractivity contribution in [3.8, 4) is 11.6 Å². The topological polar surface area (TPSA) is 101 Å². The van der Waals surface area contributed by atoms with E-state index in [-0.39, 0.29) is 29.4 Å². The number of pyridine rings is 1. The van der Waals surface area contributed by atoms with Crippen LogP contribution in [0.1, 0.15) is 55.2 Å². The van der Waals surface area contributed by atoms with E-state index in [0.29, 0.717) is 19.4 Å². The van der Waals surface area contributed by atoms with Gasteiger partial charge in [-0.15, -0.1) is 0 Å². The number of ether oxygens (including phenoxy) is 1. The maximum Gasteiger partial charge on any atom is 0.422 e. The fourth-order valence-electron chi connectivity index (χ4n) is 3.57. The average Bonchev–Trinajstić information content (AvgIpc) is 2.97. The van der Waals surface area contributed by atoms with E-state index in [0.717, 1.165) is 12.4 Å². The Hall–Kier alpha value is -2.82. The van der Waals surface area contributed by atoms with Crippen molar-refractivity contribution in [1.82, 2.24) is 14.8 Å². The highest BCUT2D eigenvalue weighted by atomic mass is 19.4. The summed E-state index contributed by atoms with van der Waals surface area (Å²) < 4.78 is 49.3. The van der Waals surface area contributed by atoms with Gasteiger partial charge >= 0.3 is 12.1 Å². The fourth-order valence-corrected chi connectivity index (χ4v) is 3.57. The van der Waals surface area contributed by atoms with Crippen LogP contribution in [0.3, 0.4) is 0 Å². The van der Waals surface area contributed by atoms with Gasteiger partial charge in [0.1, 0.15) is 5.56 Å². The van der Waals surface area contributed by atoms with E-state index < -0.39 is 35.1 Å². The molecule has 2 aromatic rings. The van der Waals surface area contributed by atoms with Crippen molar-refractivity contribution in [2.24, 2.45) is 0 Å². The third-order valence-corrected chi connectivity index (χ3v) is 5.02. The molecule has 0 aliphatic carbocycles. The summed E-state index contributed by atoms with van der Waals surface area (Å²) in [5.74, 6) is -1.97. The maximum atomic E-state index is 14.1. The highest BCUT2D eigenvalue weighted by molar-refractivity contribution is 5.87. The summed E-state index contributed by atoms with van der Waals surface area (Å²) in [5.41, 5.74) is -2.18. The SMILES string of the molecule is Cc1c(C(=O)O)nn(C(C)(C)C)c1Oc1cncc(N2CCCC(O)C2)c1C(F)(F)F. The molecule has 3 heterocycles. The van der Waals surface area contributed by atoms with E-state index in [2.05, 4.69) is 10.1 Å². The van der Waals surface area contributed by atoms with E-state index in [1.54, 1.807) is 20.8 Å². The number of rotatable bonds is 4. The minimum atomic E-state index is -4.77. The first kappa shape index (κ1) is 22.9. The first-order valence-electron chi connectivity index (χ1n) is 9.80. The van der Waals surface area contributed by atoms with Gasteiger partial charge in [0.2, 0.25) is 5.88 Å². The molecule has 1 aliphatic heterocycles. The van der Waals surface area contributed by atoms with Gasteiger partial charge in [0.25, 0.3) is 0 Å². The molecule has 1 saturated heterocycles. The zero-order chi connectivity index (χ0) is 23.1. The van der Waals surface area contributed by atoms with Crippen LogP contribution >= 0.6 is 0 Å². The van der Waals surface area contributed by atoms with Crippen LogP contribution in [0.5, 0.6) is 11.6 Å². The molecule has 0 aromatic carbocycles. The Balaban J connectivity index is 2.15. The van der Waals surface area contributed by atoms with Crippen molar-refractivity contribution in [3.05, 3.63) is 29.2 Å². The number of alkyl halides is 3. The largest absolute Gasteiger partial charge is 0.476 e. The molecule has 1 aliphatic rings. The summed E-state index contributed by atoms with van der Waals surface area (Å²) in [5, 5.41) is 23.4. The Morgan fingerprint density at radius 2 is 1.94 bits per heavy atom. The molecule has 0 saturated carbocycles. The number of aromatic carboxylic acids is 1. The Kier molecular flexibility index (Phi) is 5.92. The molecule has 2 N–H and O–H groups in total. The number of carboxylic acids is 1. The number of nitrogens with zero attached hydrogens (tertiary/aromatic N) is 4. The molecule has 8 nitrogen and oxygen atoms in total. The molecular weight excluding hydrogens is 417 g/mol. The first-order chi connectivity index (χ1) is 14.3. The van der Waals surface area contributed by atoms with Crippen LogP contribution in [0.4, 0.5) is 18.9 Å². The molecule has 0 amide bonds. The number of hydrogen-bond acceptors (Lipinski definition) is 6. The van der Waals surface area contributed by atoms with Gasteiger partial charge in [-0.05, 0) is 40.5 Å². The third kappa shape index (κ3) is 4.60. The molecule has 0 spiro atoms. The lowest BCUT2D eigenvalue weighted by Gasteiger charge is -2.33. The van der Waals surface area contributed by atoms with Crippen molar-refractivity contribution in [3.63, 3.8) is 0 Å². The molecule has 0 radical (unpaired) electrons. The molecular formula is C20H25F3N4O4. The van der Waals surface area contributed by atoms with Crippen LogP contribution in [0, 0.1) is 6.92 Å². The molecule has 1 fully saturated rings. The Morgan fingerprint density at radius 1 is 1.26 bits per heavy atom. The summed E-state index contributed by atoms with van der Waals surface area (Å²) >= 11 is 0. The smallest absolute Gasteiger partial charge is 0.422 e. The van der Waals surface area contributed by atoms with Crippen molar-refractivity contribution in [2.45, 2.75) is 58.4 Å². The lowest BCUT2D eigenvalue weighted by Crippen LogP contribution is -2.39. The predicted molar refractivity (Wildman–Crippen MR) is 106 cm³/mol. The minimum absolute atomic E-state index is 0.0519. The van der Waals surface area contributed by atoms with Crippen molar-refractivity contribution in [2.75, 3.05) is 18.0 Å². The number of anilines is 1. The van der Waals surface area contributed by atoms with E-state index in [9.17, 15) is 28.2 Å². The van der Waals surface area contributed by atoms with Crippen molar-refractivity contribution in [1.29, 1.82) is 0 Å². The number of halogens is 3. The van der Waals surface area contributed by atoms with Crippen molar-refractivity contribution >= 4 is 11.7 Å². The number of aromatic nitrogens is 3. The second-order valence-electron chi connectivity index (χ2n) is 8.54. The van der Waals surface area contributed by atoms with Crippen molar-refractivity contribution < 1.29 is 32.9 Å².